The highest BCUT2D eigenvalue weighted by molar-refractivity contribution is 7.91. The van der Waals surface area contributed by atoms with Crippen molar-refractivity contribution in [1.29, 1.82) is 0 Å². The first-order valence-electron chi connectivity index (χ1n) is 7.39. The molecule has 0 aliphatic heterocycles. The number of ether oxygens (including phenoxy) is 1. The summed E-state index contributed by atoms with van der Waals surface area (Å²) in [5.74, 6) is -0.741. The molecule has 0 unspecified atom stereocenters. The van der Waals surface area contributed by atoms with Gasteiger partial charge in [-0.25, -0.2) is 12.8 Å². The highest BCUT2D eigenvalue weighted by Gasteiger charge is 2.18. The molecular weight excluding hydrogens is 369 g/mol. The predicted molar refractivity (Wildman–Crippen MR) is 92.9 cm³/mol. The van der Waals surface area contributed by atoms with Crippen LogP contribution in [0.25, 0.3) is 0 Å². The summed E-state index contributed by atoms with van der Waals surface area (Å²) in [5.41, 5.74) is 0.722. The van der Waals surface area contributed by atoms with Gasteiger partial charge in [0.1, 0.15) is 11.6 Å². The van der Waals surface area contributed by atoms with Crippen LogP contribution in [-0.2, 0) is 21.2 Å². The molecule has 0 spiro atoms. The minimum Gasteiger partial charge on any atom is -0.495 e. The fraction of sp³-hybridized carbons (Fsp3) is 0.235. The van der Waals surface area contributed by atoms with Crippen LogP contribution < -0.4 is 10.1 Å². The third kappa shape index (κ3) is 5.44. The lowest BCUT2D eigenvalue weighted by Crippen LogP contribution is -2.25. The summed E-state index contributed by atoms with van der Waals surface area (Å²) in [4.78, 5) is 11.9. The Balaban J connectivity index is 1.91. The van der Waals surface area contributed by atoms with Crippen LogP contribution in [0, 0.1) is 5.82 Å². The number of amides is 1. The van der Waals surface area contributed by atoms with E-state index in [2.05, 4.69) is 5.32 Å². The van der Waals surface area contributed by atoms with E-state index in [1.807, 2.05) is 0 Å². The van der Waals surface area contributed by atoms with Gasteiger partial charge in [0, 0.05) is 13.0 Å². The molecule has 0 saturated carbocycles. The SMILES string of the molecule is COc1ccc(S(=O)(=O)CCC(=O)NCc2ccc(F)cc2)cc1Cl. The summed E-state index contributed by atoms with van der Waals surface area (Å²) in [6.45, 7) is 0.202. The first-order valence-corrected chi connectivity index (χ1v) is 9.42. The Morgan fingerprint density at radius 2 is 1.88 bits per heavy atom. The van der Waals surface area contributed by atoms with E-state index < -0.39 is 15.7 Å². The number of hydrogen-bond donors (Lipinski definition) is 1. The highest BCUT2D eigenvalue weighted by atomic mass is 35.5. The quantitative estimate of drug-likeness (QED) is 0.795. The van der Waals surface area contributed by atoms with Crippen molar-refractivity contribution in [2.24, 2.45) is 0 Å². The summed E-state index contributed by atoms with van der Waals surface area (Å²) >= 11 is 5.93. The zero-order valence-electron chi connectivity index (χ0n) is 13.5. The van der Waals surface area contributed by atoms with Crippen LogP contribution >= 0.6 is 11.6 Å². The van der Waals surface area contributed by atoms with Gasteiger partial charge < -0.3 is 10.1 Å². The Bertz CT molecular complexity index is 853. The summed E-state index contributed by atoms with van der Waals surface area (Å²) < 4.78 is 42.3. The Hall–Kier alpha value is -2.12. The summed E-state index contributed by atoms with van der Waals surface area (Å²) in [6, 6.07) is 9.82. The molecule has 0 saturated heterocycles. The molecule has 8 heteroatoms. The van der Waals surface area contributed by atoms with Crippen LogP contribution in [0.5, 0.6) is 5.75 Å². The van der Waals surface area contributed by atoms with Crippen LogP contribution in [0.2, 0.25) is 5.02 Å². The molecule has 0 heterocycles. The van der Waals surface area contributed by atoms with E-state index in [0.717, 1.165) is 5.56 Å². The first-order chi connectivity index (χ1) is 11.8. The van der Waals surface area contributed by atoms with Crippen molar-refractivity contribution < 1.29 is 22.3 Å². The number of methoxy groups -OCH3 is 1. The lowest BCUT2D eigenvalue weighted by Gasteiger charge is -2.08. The molecule has 1 N–H and O–H groups in total. The maximum Gasteiger partial charge on any atom is 0.221 e. The molecule has 0 aliphatic carbocycles. The molecule has 1 amide bonds. The number of sulfone groups is 1. The largest absolute Gasteiger partial charge is 0.495 e. The number of rotatable bonds is 7. The van der Waals surface area contributed by atoms with Crippen LogP contribution in [0.1, 0.15) is 12.0 Å². The van der Waals surface area contributed by atoms with Gasteiger partial charge in [-0.1, -0.05) is 23.7 Å². The van der Waals surface area contributed by atoms with E-state index in [9.17, 15) is 17.6 Å². The maximum absolute atomic E-state index is 12.8. The smallest absolute Gasteiger partial charge is 0.221 e. The van der Waals surface area contributed by atoms with Crippen molar-refractivity contribution in [3.8, 4) is 5.75 Å². The van der Waals surface area contributed by atoms with Crippen molar-refractivity contribution in [3.63, 3.8) is 0 Å². The van der Waals surface area contributed by atoms with Gasteiger partial charge in [0.15, 0.2) is 9.84 Å². The van der Waals surface area contributed by atoms with Gasteiger partial charge in [0.05, 0.1) is 22.8 Å². The van der Waals surface area contributed by atoms with E-state index in [1.165, 1.54) is 37.4 Å². The van der Waals surface area contributed by atoms with Crippen molar-refractivity contribution >= 4 is 27.3 Å². The zero-order chi connectivity index (χ0) is 18.4. The van der Waals surface area contributed by atoms with Crippen LogP contribution in [0.3, 0.4) is 0 Å². The second-order valence-electron chi connectivity index (χ2n) is 5.27. The van der Waals surface area contributed by atoms with E-state index in [0.29, 0.717) is 5.75 Å². The van der Waals surface area contributed by atoms with Gasteiger partial charge in [-0.3, -0.25) is 4.79 Å². The molecule has 0 fully saturated rings. The summed E-state index contributed by atoms with van der Waals surface area (Å²) in [5, 5.41) is 2.78. The molecule has 2 aromatic carbocycles. The minimum absolute atomic E-state index is 0.0321. The van der Waals surface area contributed by atoms with E-state index in [4.69, 9.17) is 16.3 Å². The van der Waals surface area contributed by atoms with Gasteiger partial charge in [0.25, 0.3) is 0 Å². The molecule has 25 heavy (non-hydrogen) atoms. The third-order valence-electron chi connectivity index (χ3n) is 3.48. The lowest BCUT2D eigenvalue weighted by molar-refractivity contribution is -0.120. The fourth-order valence-corrected chi connectivity index (χ4v) is 3.66. The van der Waals surface area contributed by atoms with Gasteiger partial charge in [-0.2, -0.15) is 0 Å². The topological polar surface area (TPSA) is 72.5 Å². The third-order valence-corrected chi connectivity index (χ3v) is 5.49. The summed E-state index contributed by atoms with van der Waals surface area (Å²) in [7, 11) is -2.21. The van der Waals surface area contributed by atoms with Gasteiger partial charge >= 0.3 is 0 Å². The average Bonchev–Trinajstić information content (AvgIpc) is 2.59. The van der Waals surface area contributed by atoms with Crippen molar-refractivity contribution in [2.75, 3.05) is 12.9 Å². The van der Waals surface area contributed by atoms with Crippen LogP contribution in [0.4, 0.5) is 4.39 Å². The van der Waals surface area contributed by atoms with Crippen molar-refractivity contribution in [1.82, 2.24) is 5.32 Å². The average molecular weight is 386 g/mol. The molecule has 0 atom stereocenters. The van der Waals surface area contributed by atoms with Gasteiger partial charge in [0.2, 0.25) is 5.91 Å². The fourth-order valence-electron chi connectivity index (χ4n) is 2.08. The standard InChI is InChI=1S/C17H17ClFNO4S/c1-24-16-7-6-14(10-15(16)18)25(22,23)9-8-17(21)20-11-12-2-4-13(19)5-3-12/h2-7,10H,8-9,11H2,1H3,(H,20,21). The monoisotopic (exact) mass is 385 g/mol. The van der Waals surface area contributed by atoms with E-state index >= 15 is 0 Å². The molecule has 2 aromatic rings. The van der Waals surface area contributed by atoms with Crippen molar-refractivity contribution in [3.05, 3.63) is 58.9 Å². The number of carbonyl (C=O) groups is 1. The number of nitrogens with one attached hydrogen (secondary N) is 1. The van der Waals surface area contributed by atoms with E-state index in [1.54, 1.807) is 12.1 Å². The Morgan fingerprint density at radius 1 is 1.20 bits per heavy atom. The molecule has 134 valence electrons. The first kappa shape index (κ1) is 19.2. The molecule has 5 nitrogen and oxygen atoms in total. The second kappa shape index (κ2) is 8.31. The molecule has 0 radical (unpaired) electrons. The minimum atomic E-state index is -3.64. The number of hydrogen-bond acceptors (Lipinski definition) is 4. The lowest BCUT2D eigenvalue weighted by atomic mass is 10.2. The molecule has 0 aromatic heterocycles. The Labute approximate surface area is 150 Å². The van der Waals surface area contributed by atoms with E-state index in [-0.39, 0.29) is 34.5 Å². The second-order valence-corrected chi connectivity index (χ2v) is 7.78. The Kier molecular flexibility index (Phi) is 6.39. The van der Waals surface area contributed by atoms with Crippen molar-refractivity contribution in [2.45, 2.75) is 17.9 Å². The highest BCUT2D eigenvalue weighted by Crippen LogP contribution is 2.27. The molecule has 2 rings (SSSR count). The number of benzene rings is 2. The molecule has 0 bridgehead atoms. The number of halogens is 2. The van der Waals surface area contributed by atoms with Crippen LogP contribution in [-0.4, -0.2) is 27.2 Å². The predicted octanol–water partition coefficient (Wildman–Crippen LogP) is 2.97. The maximum atomic E-state index is 12.8. The van der Waals surface area contributed by atoms with Gasteiger partial charge in [-0.15, -0.1) is 0 Å². The Morgan fingerprint density at radius 3 is 2.48 bits per heavy atom. The van der Waals surface area contributed by atoms with Gasteiger partial charge in [-0.05, 0) is 35.9 Å². The normalized spacial score (nSPS) is 11.2. The molecular formula is C17H17ClFNO4S. The molecule has 0 aliphatic rings. The number of carbonyl (C=O) groups excluding carboxylic acids is 1. The summed E-state index contributed by atoms with van der Waals surface area (Å²) in [6.07, 6.45) is -0.187. The zero-order valence-corrected chi connectivity index (χ0v) is 15.0. The van der Waals surface area contributed by atoms with Crippen LogP contribution in [0.15, 0.2) is 47.4 Å².